The smallest absolute Gasteiger partial charge is 0.298 e. The lowest BCUT2D eigenvalue weighted by atomic mass is 10.2. The van der Waals surface area contributed by atoms with Gasteiger partial charge >= 0.3 is 0 Å². The molecule has 1 aromatic carbocycles. The molecule has 0 fully saturated rings. The molecule has 2 N–H and O–H groups in total. The van der Waals surface area contributed by atoms with Crippen LogP contribution < -0.4 is 10.5 Å². The molecular weight excluding hydrogens is 210 g/mol. The van der Waals surface area contributed by atoms with Crippen molar-refractivity contribution < 1.29 is 4.74 Å². The molecule has 0 amide bonds. The zero-order chi connectivity index (χ0) is 10.8. The van der Waals surface area contributed by atoms with E-state index in [1.165, 1.54) is 11.5 Å². The van der Waals surface area contributed by atoms with Gasteiger partial charge < -0.3 is 10.5 Å². The normalized spacial score (nSPS) is 10.3. The minimum absolute atomic E-state index is 0.518. The van der Waals surface area contributed by atoms with Crippen molar-refractivity contribution in [3.05, 3.63) is 29.6 Å². The molecule has 1 aromatic heterocycles. The van der Waals surface area contributed by atoms with Crippen molar-refractivity contribution in [2.45, 2.75) is 13.8 Å². The Morgan fingerprint density at radius 3 is 2.80 bits per heavy atom. The maximum Gasteiger partial charge on any atom is 0.298 e. The van der Waals surface area contributed by atoms with Gasteiger partial charge in [-0.1, -0.05) is 12.1 Å². The third kappa shape index (κ3) is 2.07. The lowest BCUT2D eigenvalue weighted by Crippen LogP contribution is -1.94. The van der Waals surface area contributed by atoms with Crippen molar-refractivity contribution in [1.29, 1.82) is 0 Å². The minimum atomic E-state index is 0.518. The van der Waals surface area contributed by atoms with E-state index in [9.17, 15) is 0 Å². The van der Waals surface area contributed by atoms with E-state index in [1.54, 1.807) is 0 Å². The molecule has 0 saturated carbocycles. The van der Waals surface area contributed by atoms with Crippen LogP contribution in [0.15, 0.2) is 18.2 Å². The van der Waals surface area contributed by atoms with Gasteiger partial charge in [-0.05, 0) is 25.5 Å². The van der Waals surface area contributed by atoms with Crippen LogP contribution in [0.3, 0.4) is 0 Å². The number of nitrogens with two attached hydrogens (primary N) is 1. The van der Waals surface area contributed by atoms with Crippen LogP contribution >= 0.6 is 11.5 Å². The van der Waals surface area contributed by atoms with Gasteiger partial charge in [-0.15, -0.1) is 0 Å². The van der Waals surface area contributed by atoms with E-state index < -0.39 is 0 Å². The van der Waals surface area contributed by atoms with Crippen LogP contribution in [0.4, 0.5) is 5.69 Å². The summed E-state index contributed by atoms with van der Waals surface area (Å²) in [6.45, 7) is 3.76. The molecule has 2 aromatic rings. The number of hydrogen-bond acceptors (Lipinski definition) is 5. The standard InChI is InChI=1S/C10H11N3OS/c1-6-4-3-5-8(9(6)11)14-10-12-7(2)13-15-10/h3-5H,11H2,1-2H3. The first-order valence-electron chi connectivity index (χ1n) is 4.50. The lowest BCUT2D eigenvalue weighted by Gasteiger charge is -2.06. The van der Waals surface area contributed by atoms with Crippen molar-refractivity contribution in [2.24, 2.45) is 0 Å². The highest BCUT2D eigenvalue weighted by atomic mass is 32.1. The van der Waals surface area contributed by atoms with Crippen LogP contribution in [0.5, 0.6) is 10.9 Å². The largest absolute Gasteiger partial charge is 0.428 e. The number of para-hydroxylation sites is 1. The Morgan fingerprint density at radius 1 is 1.33 bits per heavy atom. The fourth-order valence-corrected chi connectivity index (χ4v) is 1.71. The van der Waals surface area contributed by atoms with E-state index in [1.807, 2.05) is 32.0 Å². The van der Waals surface area contributed by atoms with E-state index in [-0.39, 0.29) is 0 Å². The molecular formula is C10H11N3OS. The predicted octanol–water partition coefficient (Wildman–Crippen LogP) is 2.53. The molecule has 2 rings (SSSR count). The molecule has 0 spiro atoms. The van der Waals surface area contributed by atoms with Crippen molar-refractivity contribution in [2.75, 3.05) is 5.73 Å². The molecule has 0 radical (unpaired) electrons. The third-order valence-corrected chi connectivity index (χ3v) is 2.68. The number of rotatable bonds is 2. The van der Waals surface area contributed by atoms with Crippen LogP contribution in [-0.4, -0.2) is 9.36 Å². The molecule has 0 bridgehead atoms. The summed E-state index contributed by atoms with van der Waals surface area (Å²) in [6.07, 6.45) is 0. The van der Waals surface area contributed by atoms with Gasteiger partial charge in [0.25, 0.3) is 5.19 Å². The summed E-state index contributed by atoms with van der Waals surface area (Å²) in [5.41, 5.74) is 7.51. The maximum absolute atomic E-state index is 5.87. The van der Waals surface area contributed by atoms with E-state index >= 15 is 0 Å². The number of ether oxygens (including phenoxy) is 1. The minimum Gasteiger partial charge on any atom is -0.428 e. The van der Waals surface area contributed by atoms with Crippen molar-refractivity contribution in [1.82, 2.24) is 9.36 Å². The third-order valence-electron chi connectivity index (χ3n) is 1.99. The monoisotopic (exact) mass is 221 g/mol. The number of hydrogen-bond donors (Lipinski definition) is 1. The zero-order valence-corrected chi connectivity index (χ0v) is 9.34. The number of aryl methyl sites for hydroxylation is 2. The van der Waals surface area contributed by atoms with Crippen LogP contribution in [0.1, 0.15) is 11.4 Å². The first-order chi connectivity index (χ1) is 7.16. The molecule has 0 atom stereocenters. The van der Waals surface area contributed by atoms with Gasteiger partial charge in [-0.25, -0.2) is 0 Å². The fourth-order valence-electron chi connectivity index (χ4n) is 1.16. The molecule has 0 unspecified atom stereocenters. The van der Waals surface area contributed by atoms with Gasteiger partial charge in [0.05, 0.1) is 5.69 Å². The Kier molecular flexibility index (Phi) is 2.55. The summed E-state index contributed by atoms with van der Waals surface area (Å²) in [5.74, 6) is 1.34. The highest BCUT2D eigenvalue weighted by molar-refractivity contribution is 7.07. The molecule has 0 aliphatic heterocycles. The summed E-state index contributed by atoms with van der Waals surface area (Å²) >= 11 is 1.22. The van der Waals surface area contributed by atoms with Gasteiger partial charge in [0.1, 0.15) is 5.82 Å². The Labute approximate surface area is 91.9 Å². The second kappa shape index (κ2) is 3.86. The number of aromatic nitrogens is 2. The van der Waals surface area contributed by atoms with Crippen LogP contribution in [-0.2, 0) is 0 Å². The van der Waals surface area contributed by atoms with Gasteiger partial charge in [-0.2, -0.15) is 9.36 Å². The first kappa shape index (κ1) is 9.92. The number of anilines is 1. The Hall–Kier alpha value is -1.62. The van der Waals surface area contributed by atoms with Gasteiger partial charge in [0.15, 0.2) is 5.75 Å². The highest BCUT2D eigenvalue weighted by Crippen LogP contribution is 2.30. The van der Waals surface area contributed by atoms with E-state index in [0.29, 0.717) is 22.5 Å². The number of nitrogens with zero attached hydrogens (tertiary/aromatic N) is 2. The van der Waals surface area contributed by atoms with Crippen LogP contribution in [0.2, 0.25) is 0 Å². The van der Waals surface area contributed by atoms with Crippen molar-refractivity contribution in [3.8, 4) is 10.9 Å². The van der Waals surface area contributed by atoms with Crippen LogP contribution in [0, 0.1) is 13.8 Å². The highest BCUT2D eigenvalue weighted by Gasteiger charge is 2.07. The second-order valence-electron chi connectivity index (χ2n) is 3.20. The van der Waals surface area contributed by atoms with E-state index in [2.05, 4.69) is 9.36 Å². The molecule has 15 heavy (non-hydrogen) atoms. The lowest BCUT2D eigenvalue weighted by molar-refractivity contribution is 0.480. The zero-order valence-electron chi connectivity index (χ0n) is 8.52. The van der Waals surface area contributed by atoms with E-state index in [0.717, 1.165) is 5.56 Å². The maximum atomic E-state index is 5.87. The quantitative estimate of drug-likeness (QED) is 0.791. The Balaban J connectivity index is 2.28. The molecule has 5 heteroatoms. The molecule has 78 valence electrons. The Morgan fingerprint density at radius 2 is 2.13 bits per heavy atom. The fraction of sp³-hybridized carbons (Fsp3) is 0.200. The van der Waals surface area contributed by atoms with E-state index in [4.69, 9.17) is 10.5 Å². The number of benzene rings is 1. The molecule has 0 saturated heterocycles. The Bertz CT molecular complexity index is 481. The summed E-state index contributed by atoms with van der Waals surface area (Å²) in [6, 6.07) is 5.65. The molecule has 0 aliphatic carbocycles. The van der Waals surface area contributed by atoms with Crippen molar-refractivity contribution >= 4 is 17.2 Å². The summed E-state index contributed by atoms with van der Waals surface area (Å²) in [5, 5.41) is 0.518. The average molecular weight is 221 g/mol. The molecule has 0 aliphatic rings. The van der Waals surface area contributed by atoms with Crippen molar-refractivity contribution in [3.63, 3.8) is 0 Å². The SMILES string of the molecule is Cc1nsc(Oc2cccc(C)c2N)n1. The molecule has 4 nitrogen and oxygen atoms in total. The summed E-state index contributed by atoms with van der Waals surface area (Å²) in [4.78, 5) is 4.11. The van der Waals surface area contributed by atoms with Gasteiger partial charge in [0.2, 0.25) is 0 Å². The van der Waals surface area contributed by atoms with Gasteiger partial charge in [-0.3, -0.25) is 0 Å². The predicted molar refractivity (Wildman–Crippen MR) is 60.3 cm³/mol. The van der Waals surface area contributed by atoms with Crippen LogP contribution in [0.25, 0.3) is 0 Å². The summed E-state index contributed by atoms with van der Waals surface area (Å²) < 4.78 is 9.56. The van der Waals surface area contributed by atoms with Gasteiger partial charge in [0, 0.05) is 11.5 Å². The average Bonchev–Trinajstić information content (AvgIpc) is 2.59. The first-order valence-corrected chi connectivity index (χ1v) is 5.27. The second-order valence-corrected chi connectivity index (χ2v) is 3.91. The molecule has 1 heterocycles. The topological polar surface area (TPSA) is 61.0 Å². The summed E-state index contributed by atoms with van der Waals surface area (Å²) in [7, 11) is 0. The number of nitrogen functional groups attached to an aromatic ring is 1.